The second-order valence-corrected chi connectivity index (χ2v) is 1.66. The molecule has 2 N–H and O–H groups in total. The molecule has 7 nitrogen and oxygen atoms in total. The van der Waals surface area contributed by atoms with Gasteiger partial charge in [-0.1, -0.05) is 0 Å². The first-order valence-electron chi connectivity index (χ1n) is 2.61. The van der Waals surface area contributed by atoms with E-state index < -0.39 is 11.2 Å². The van der Waals surface area contributed by atoms with Crippen LogP contribution in [-0.4, -0.2) is 9.97 Å². The summed E-state index contributed by atoms with van der Waals surface area (Å²) in [6, 6.07) is 0.987. The number of nitrogens with zero attached hydrogens (tertiary/aromatic N) is 3. The maximum Gasteiger partial charge on any atom is 0.326 e. The highest BCUT2D eigenvalue weighted by molar-refractivity contribution is 5.22. The Hall–Kier alpha value is -2.01. The van der Waals surface area contributed by atoms with Gasteiger partial charge in [-0.25, -0.2) is 4.79 Å². The van der Waals surface area contributed by atoms with Crippen LogP contribution in [0.25, 0.3) is 10.4 Å². The maximum atomic E-state index is 10.5. The van der Waals surface area contributed by atoms with Crippen molar-refractivity contribution >= 4 is 5.82 Å². The number of hydrogen-bond acceptors (Lipinski definition) is 3. The standard InChI is InChI=1S/C4H3N5O2/c5-9-8-2-1-3(10)7-4(11)6-2/h1H,(H2,6,7,10,11). The minimum absolute atomic E-state index is 0.0961. The number of azide groups is 1. The molecule has 0 saturated carbocycles. The SMILES string of the molecule is [N-]=[N+]=Nc1cc(=O)[nH]c(=O)[nH]1. The summed E-state index contributed by atoms with van der Waals surface area (Å²) in [5.74, 6) is -0.0961. The first-order valence-corrected chi connectivity index (χ1v) is 2.61. The molecule has 1 rings (SSSR count). The van der Waals surface area contributed by atoms with Crippen LogP contribution in [-0.2, 0) is 0 Å². The average Bonchev–Trinajstić information content (AvgIpc) is 1.85. The molecule has 0 bridgehead atoms. The fraction of sp³-hybridized carbons (Fsp3) is 0. The van der Waals surface area contributed by atoms with Crippen molar-refractivity contribution < 1.29 is 0 Å². The van der Waals surface area contributed by atoms with Crippen molar-refractivity contribution in [3.8, 4) is 0 Å². The van der Waals surface area contributed by atoms with Crippen molar-refractivity contribution in [3.05, 3.63) is 37.3 Å². The van der Waals surface area contributed by atoms with Gasteiger partial charge in [0.15, 0.2) is 0 Å². The third-order valence-electron chi connectivity index (χ3n) is 0.899. The Morgan fingerprint density at radius 3 is 2.73 bits per heavy atom. The van der Waals surface area contributed by atoms with Gasteiger partial charge < -0.3 is 4.98 Å². The van der Waals surface area contributed by atoms with Gasteiger partial charge in [0.2, 0.25) is 0 Å². The lowest BCUT2D eigenvalue weighted by Crippen LogP contribution is -2.19. The molecule has 0 aliphatic rings. The van der Waals surface area contributed by atoms with E-state index in [1.165, 1.54) is 0 Å². The molecular formula is C4H3N5O2. The molecule has 7 heteroatoms. The molecule has 1 aromatic heterocycles. The number of hydrogen-bond donors (Lipinski definition) is 2. The van der Waals surface area contributed by atoms with Gasteiger partial charge in [0.25, 0.3) is 5.56 Å². The number of nitrogens with one attached hydrogen (secondary N) is 2. The van der Waals surface area contributed by atoms with E-state index in [-0.39, 0.29) is 5.82 Å². The average molecular weight is 153 g/mol. The van der Waals surface area contributed by atoms with Gasteiger partial charge in [-0.2, -0.15) is 0 Å². The van der Waals surface area contributed by atoms with Crippen molar-refractivity contribution in [2.45, 2.75) is 0 Å². The van der Waals surface area contributed by atoms with E-state index >= 15 is 0 Å². The van der Waals surface area contributed by atoms with Gasteiger partial charge >= 0.3 is 5.69 Å². The molecule has 11 heavy (non-hydrogen) atoms. The molecule has 0 spiro atoms. The Bertz CT molecular complexity index is 381. The van der Waals surface area contributed by atoms with Crippen LogP contribution >= 0.6 is 0 Å². The van der Waals surface area contributed by atoms with E-state index in [4.69, 9.17) is 5.53 Å². The number of aromatic nitrogens is 2. The summed E-state index contributed by atoms with van der Waals surface area (Å²) in [4.78, 5) is 27.4. The molecule has 0 amide bonds. The number of aromatic amines is 2. The van der Waals surface area contributed by atoms with E-state index in [1.807, 2.05) is 4.98 Å². The number of rotatable bonds is 1. The molecular weight excluding hydrogens is 150 g/mol. The minimum atomic E-state index is -0.695. The topological polar surface area (TPSA) is 114 Å². The molecule has 56 valence electrons. The molecule has 0 aliphatic carbocycles. The van der Waals surface area contributed by atoms with Crippen LogP contribution in [0.15, 0.2) is 20.8 Å². The molecule has 1 aromatic rings. The van der Waals surface area contributed by atoms with Gasteiger partial charge in [-0.05, 0) is 10.6 Å². The molecule has 0 aliphatic heterocycles. The largest absolute Gasteiger partial charge is 0.326 e. The zero-order chi connectivity index (χ0) is 8.27. The predicted octanol–water partition coefficient (Wildman–Crippen LogP) is 0.00500. The number of H-pyrrole nitrogens is 2. The van der Waals surface area contributed by atoms with Gasteiger partial charge in [0.05, 0.1) is 0 Å². The summed E-state index contributed by atoms with van der Waals surface area (Å²) in [6.45, 7) is 0. The molecule has 0 unspecified atom stereocenters. The van der Waals surface area contributed by atoms with E-state index in [0.29, 0.717) is 0 Å². The van der Waals surface area contributed by atoms with Gasteiger partial charge in [0.1, 0.15) is 5.82 Å². The minimum Gasteiger partial charge on any atom is -0.305 e. The fourth-order valence-electron chi connectivity index (χ4n) is 0.558. The first kappa shape index (κ1) is 7.10. The van der Waals surface area contributed by atoms with E-state index in [9.17, 15) is 9.59 Å². The molecule has 0 atom stereocenters. The Labute approximate surface area is 59.3 Å². The Kier molecular flexibility index (Phi) is 1.75. The molecule has 0 saturated heterocycles. The Morgan fingerprint density at radius 2 is 2.18 bits per heavy atom. The van der Waals surface area contributed by atoms with Crippen LogP contribution in [0.2, 0.25) is 0 Å². The lowest BCUT2D eigenvalue weighted by molar-refractivity contribution is 1.03. The van der Waals surface area contributed by atoms with Crippen LogP contribution in [0.1, 0.15) is 0 Å². The highest BCUT2D eigenvalue weighted by atomic mass is 16.2. The quantitative estimate of drug-likeness (QED) is 0.336. The van der Waals surface area contributed by atoms with Crippen molar-refractivity contribution in [2.75, 3.05) is 0 Å². The first-order chi connectivity index (χ1) is 5.22. The van der Waals surface area contributed by atoms with Gasteiger partial charge in [0, 0.05) is 11.0 Å². The summed E-state index contributed by atoms with van der Waals surface area (Å²) in [5.41, 5.74) is 6.63. The zero-order valence-corrected chi connectivity index (χ0v) is 5.24. The lowest BCUT2D eigenvalue weighted by Gasteiger charge is -1.85. The molecule has 1 heterocycles. The molecule has 0 aromatic carbocycles. The van der Waals surface area contributed by atoms with Crippen LogP contribution in [0.5, 0.6) is 0 Å². The summed E-state index contributed by atoms with van der Waals surface area (Å²) in [7, 11) is 0. The zero-order valence-electron chi connectivity index (χ0n) is 5.24. The van der Waals surface area contributed by atoms with E-state index in [1.54, 1.807) is 0 Å². The third-order valence-corrected chi connectivity index (χ3v) is 0.899. The highest BCUT2D eigenvalue weighted by Gasteiger charge is 1.90. The van der Waals surface area contributed by atoms with E-state index in [2.05, 4.69) is 15.0 Å². The van der Waals surface area contributed by atoms with Crippen molar-refractivity contribution in [1.82, 2.24) is 9.97 Å². The van der Waals surface area contributed by atoms with Gasteiger partial charge in [-0.3, -0.25) is 9.78 Å². The van der Waals surface area contributed by atoms with Crippen LogP contribution in [0.3, 0.4) is 0 Å². The summed E-state index contributed by atoms with van der Waals surface area (Å²) in [6.07, 6.45) is 0. The van der Waals surface area contributed by atoms with E-state index in [0.717, 1.165) is 6.07 Å². The second-order valence-electron chi connectivity index (χ2n) is 1.66. The molecule has 0 fully saturated rings. The van der Waals surface area contributed by atoms with Crippen LogP contribution < -0.4 is 11.2 Å². The third kappa shape index (κ3) is 1.70. The second kappa shape index (κ2) is 2.72. The lowest BCUT2D eigenvalue weighted by atomic mass is 10.6. The van der Waals surface area contributed by atoms with Crippen LogP contribution in [0.4, 0.5) is 5.82 Å². The van der Waals surface area contributed by atoms with Crippen molar-refractivity contribution in [3.63, 3.8) is 0 Å². The van der Waals surface area contributed by atoms with Crippen molar-refractivity contribution in [1.29, 1.82) is 0 Å². The highest BCUT2D eigenvalue weighted by Crippen LogP contribution is 1.97. The summed E-state index contributed by atoms with van der Waals surface area (Å²) in [5, 5.41) is 3.03. The Morgan fingerprint density at radius 1 is 1.45 bits per heavy atom. The maximum absolute atomic E-state index is 10.5. The summed E-state index contributed by atoms with van der Waals surface area (Å²) >= 11 is 0. The normalized spacial score (nSPS) is 8.73. The van der Waals surface area contributed by atoms with Crippen LogP contribution in [0, 0.1) is 0 Å². The smallest absolute Gasteiger partial charge is 0.305 e. The fourth-order valence-corrected chi connectivity index (χ4v) is 0.558. The Balaban J connectivity index is 3.41. The van der Waals surface area contributed by atoms with Gasteiger partial charge in [-0.15, -0.1) is 0 Å². The molecule has 0 radical (unpaired) electrons. The van der Waals surface area contributed by atoms with Crippen molar-refractivity contribution in [2.24, 2.45) is 5.11 Å². The summed E-state index contributed by atoms with van der Waals surface area (Å²) < 4.78 is 0. The monoisotopic (exact) mass is 153 g/mol. The predicted molar refractivity (Wildman–Crippen MR) is 36.5 cm³/mol.